The minimum Gasteiger partial charge on any atom is -0.300 e. The van der Waals surface area contributed by atoms with Crippen molar-refractivity contribution >= 4 is 11.6 Å². The molecule has 1 aromatic rings. The van der Waals surface area contributed by atoms with E-state index in [9.17, 15) is 9.59 Å². The predicted octanol–water partition coefficient (Wildman–Crippen LogP) is 3.54. The number of ketones is 2. The van der Waals surface area contributed by atoms with Gasteiger partial charge in [-0.3, -0.25) is 9.59 Å². The topological polar surface area (TPSA) is 34.1 Å². The Kier molecular flexibility index (Phi) is 5.26. The molecule has 2 nitrogen and oxygen atoms in total. The molecule has 0 bridgehead atoms. The van der Waals surface area contributed by atoms with Gasteiger partial charge in [-0.25, -0.2) is 0 Å². The van der Waals surface area contributed by atoms with Gasteiger partial charge < -0.3 is 0 Å². The van der Waals surface area contributed by atoms with Crippen molar-refractivity contribution in [3.8, 4) is 0 Å². The van der Waals surface area contributed by atoms with Crippen LogP contribution in [0.3, 0.4) is 0 Å². The second-order valence-electron chi connectivity index (χ2n) is 4.59. The van der Waals surface area contributed by atoms with Gasteiger partial charge in [0.05, 0.1) is 6.42 Å². The van der Waals surface area contributed by atoms with Crippen LogP contribution in [0, 0.1) is 0 Å². The third-order valence-corrected chi connectivity index (χ3v) is 3.33. The minimum absolute atomic E-state index is 0.0155. The molecule has 0 saturated carbocycles. The summed E-state index contributed by atoms with van der Waals surface area (Å²) in [6, 6.07) is 3.92. The summed E-state index contributed by atoms with van der Waals surface area (Å²) < 4.78 is 0. The molecule has 0 atom stereocenters. The van der Waals surface area contributed by atoms with E-state index in [2.05, 4.69) is 20.8 Å². The SMILES string of the molecule is CCc1ccc(C(=O)CC(C)=O)c(CC)c1CC. The van der Waals surface area contributed by atoms with Gasteiger partial charge in [0.15, 0.2) is 5.78 Å². The molecule has 1 rings (SSSR count). The lowest BCUT2D eigenvalue weighted by molar-refractivity contribution is -0.116. The number of benzene rings is 1. The van der Waals surface area contributed by atoms with E-state index < -0.39 is 0 Å². The van der Waals surface area contributed by atoms with Crippen molar-refractivity contribution in [2.45, 2.75) is 53.4 Å². The first kappa shape index (κ1) is 14.6. The predicted molar refractivity (Wildman–Crippen MR) is 74.2 cm³/mol. The first-order chi connectivity index (χ1) is 8.54. The summed E-state index contributed by atoms with van der Waals surface area (Å²) in [6.07, 6.45) is 2.78. The number of hydrogen-bond acceptors (Lipinski definition) is 2. The van der Waals surface area contributed by atoms with Crippen LogP contribution in [-0.4, -0.2) is 11.6 Å². The van der Waals surface area contributed by atoms with Crippen molar-refractivity contribution in [1.82, 2.24) is 0 Å². The molecule has 0 radical (unpaired) electrons. The third kappa shape index (κ3) is 3.06. The van der Waals surface area contributed by atoms with Crippen LogP contribution in [0.1, 0.15) is 61.2 Å². The van der Waals surface area contributed by atoms with E-state index in [0.29, 0.717) is 0 Å². The summed E-state index contributed by atoms with van der Waals surface area (Å²) in [4.78, 5) is 23.2. The highest BCUT2D eigenvalue weighted by Crippen LogP contribution is 2.23. The average molecular weight is 246 g/mol. The van der Waals surface area contributed by atoms with Gasteiger partial charge in [-0.15, -0.1) is 0 Å². The molecule has 1 aromatic carbocycles. The van der Waals surface area contributed by atoms with E-state index in [4.69, 9.17) is 0 Å². The summed E-state index contributed by atoms with van der Waals surface area (Å²) in [5.74, 6) is -0.114. The molecule has 18 heavy (non-hydrogen) atoms. The van der Waals surface area contributed by atoms with E-state index in [1.54, 1.807) is 0 Å². The molecule has 0 unspecified atom stereocenters. The maximum Gasteiger partial charge on any atom is 0.170 e. The Bertz CT molecular complexity index is 458. The van der Waals surface area contributed by atoms with Gasteiger partial charge in [0.1, 0.15) is 5.78 Å². The lowest BCUT2D eigenvalue weighted by Gasteiger charge is -2.15. The lowest BCUT2D eigenvalue weighted by Crippen LogP contribution is -2.11. The van der Waals surface area contributed by atoms with E-state index in [1.165, 1.54) is 18.1 Å². The lowest BCUT2D eigenvalue weighted by atomic mass is 9.89. The van der Waals surface area contributed by atoms with Gasteiger partial charge in [-0.05, 0) is 42.9 Å². The van der Waals surface area contributed by atoms with Crippen LogP contribution in [0.25, 0.3) is 0 Å². The molecule has 0 aliphatic carbocycles. The molecular weight excluding hydrogens is 224 g/mol. The highest BCUT2D eigenvalue weighted by molar-refractivity contribution is 6.08. The Morgan fingerprint density at radius 2 is 1.56 bits per heavy atom. The highest BCUT2D eigenvalue weighted by Gasteiger charge is 2.16. The van der Waals surface area contributed by atoms with E-state index in [0.717, 1.165) is 30.4 Å². The van der Waals surface area contributed by atoms with Gasteiger partial charge in [0.25, 0.3) is 0 Å². The molecule has 0 N–H and O–H groups in total. The molecule has 0 amide bonds. The number of carbonyl (C=O) groups is 2. The molecule has 0 aliphatic rings. The number of hydrogen-bond donors (Lipinski definition) is 0. The summed E-state index contributed by atoms with van der Waals surface area (Å²) in [5, 5.41) is 0. The van der Waals surface area contributed by atoms with E-state index >= 15 is 0 Å². The number of carbonyl (C=O) groups excluding carboxylic acids is 2. The van der Waals surface area contributed by atoms with E-state index in [-0.39, 0.29) is 18.0 Å². The van der Waals surface area contributed by atoms with Crippen LogP contribution >= 0.6 is 0 Å². The first-order valence-electron chi connectivity index (χ1n) is 6.71. The van der Waals surface area contributed by atoms with E-state index in [1.807, 2.05) is 12.1 Å². The molecule has 0 spiro atoms. The zero-order valence-corrected chi connectivity index (χ0v) is 11.8. The van der Waals surface area contributed by atoms with Crippen LogP contribution in [0.5, 0.6) is 0 Å². The van der Waals surface area contributed by atoms with Crippen LogP contribution in [-0.2, 0) is 24.1 Å². The van der Waals surface area contributed by atoms with Crippen molar-refractivity contribution in [1.29, 1.82) is 0 Å². The Morgan fingerprint density at radius 1 is 0.944 bits per heavy atom. The summed E-state index contributed by atoms with van der Waals surface area (Å²) in [5.41, 5.74) is 4.47. The third-order valence-electron chi connectivity index (χ3n) is 3.33. The fraction of sp³-hybridized carbons (Fsp3) is 0.500. The number of rotatable bonds is 6. The molecule has 2 heteroatoms. The molecule has 98 valence electrons. The van der Waals surface area contributed by atoms with Crippen molar-refractivity contribution < 1.29 is 9.59 Å². The van der Waals surface area contributed by atoms with Gasteiger partial charge in [0, 0.05) is 5.56 Å². The van der Waals surface area contributed by atoms with Gasteiger partial charge in [0.2, 0.25) is 0 Å². The quantitative estimate of drug-likeness (QED) is 0.568. The summed E-state index contributed by atoms with van der Waals surface area (Å²) in [7, 11) is 0. The Labute approximate surface area is 109 Å². The zero-order valence-electron chi connectivity index (χ0n) is 11.8. The van der Waals surface area contributed by atoms with Gasteiger partial charge >= 0.3 is 0 Å². The number of aryl methyl sites for hydroxylation is 1. The molecule has 0 saturated heterocycles. The largest absolute Gasteiger partial charge is 0.300 e. The minimum atomic E-state index is -0.0698. The smallest absolute Gasteiger partial charge is 0.170 e. The second-order valence-corrected chi connectivity index (χ2v) is 4.59. The average Bonchev–Trinajstić information content (AvgIpc) is 2.35. The Morgan fingerprint density at radius 3 is 2.00 bits per heavy atom. The summed E-state index contributed by atoms with van der Waals surface area (Å²) in [6.45, 7) is 7.78. The van der Waals surface area contributed by atoms with Crippen molar-refractivity contribution in [2.24, 2.45) is 0 Å². The fourth-order valence-electron chi connectivity index (χ4n) is 2.50. The monoisotopic (exact) mass is 246 g/mol. The normalized spacial score (nSPS) is 10.4. The van der Waals surface area contributed by atoms with Crippen LogP contribution in [0.15, 0.2) is 12.1 Å². The standard InChI is InChI=1S/C16H22O2/c1-5-12-8-9-15(16(18)10-11(4)17)14(7-3)13(12)6-2/h8-9H,5-7,10H2,1-4H3. The molecule has 0 heterocycles. The van der Waals surface area contributed by atoms with Crippen LogP contribution < -0.4 is 0 Å². The zero-order chi connectivity index (χ0) is 13.7. The molecule has 0 aliphatic heterocycles. The van der Waals surface area contributed by atoms with Gasteiger partial charge in [-0.1, -0.05) is 32.9 Å². The van der Waals surface area contributed by atoms with Gasteiger partial charge in [-0.2, -0.15) is 0 Å². The summed E-state index contributed by atoms with van der Waals surface area (Å²) >= 11 is 0. The van der Waals surface area contributed by atoms with Crippen LogP contribution in [0.4, 0.5) is 0 Å². The van der Waals surface area contributed by atoms with Crippen molar-refractivity contribution in [2.75, 3.05) is 0 Å². The van der Waals surface area contributed by atoms with Crippen molar-refractivity contribution in [3.05, 3.63) is 34.4 Å². The Balaban J connectivity index is 3.28. The molecule has 0 aromatic heterocycles. The molecule has 0 fully saturated rings. The number of Topliss-reactive ketones (excluding diaryl/α,β-unsaturated/α-hetero) is 2. The van der Waals surface area contributed by atoms with Crippen LogP contribution in [0.2, 0.25) is 0 Å². The first-order valence-corrected chi connectivity index (χ1v) is 6.71. The van der Waals surface area contributed by atoms with Crippen molar-refractivity contribution in [3.63, 3.8) is 0 Å². The maximum absolute atomic E-state index is 12.1. The fourth-order valence-corrected chi connectivity index (χ4v) is 2.50. The second kappa shape index (κ2) is 6.48. The molecular formula is C16H22O2. The maximum atomic E-state index is 12.1. The Hall–Kier alpha value is -1.44. The highest BCUT2D eigenvalue weighted by atomic mass is 16.1.